The summed E-state index contributed by atoms with van der Waals surface area (Å²) in [6.45, 7) is 1.36. The molecule has 25 heavy (non-hydrogen) atoms. The first-order valence-corrected chi connectivity index (χ1v) is 7.47. The lowest BCUT2D eigenvalue weighted by molar-refractivity contribution is -0.137. The van der Waals surface area contributed by atoms with Gasteiger partial charge in [0.05, 0.1) is 17.9 Å². The Morgan fingerprint density at radius 3 is 2.80 bits per heavy atom. The maximum Gasteiger partial charge on any atom is 0.417 e. The minimum absolute atomic E-state index is 0.00199. The number of alkyl halides is 3. The minimum Gasteiger partial charge on any atom is -0.391 e. The highest BCUT2D eigenvalue weighted by molar-refractivity contribution is 5.91. The van der Waals surface area contributed by atoms with E-state index in [9.17, 15) is 23.1 Å². The normalized spacial score (nSPS) is 20.6. The van der Waals surface area contributed by atoms with Crippen LogP contribution in [0.1, 0.15) is 16.1 Å². The van der Waals surface area contributed by atoms with Gasteiger partial charge in [0, 0.05) is 31.7 Å². The van der Waals surface area contributed by atoms with Crippen LogP contribution in [0.25, 0.3) is 5.82 Å². The van der Waals surface area contributed by atoms with E-state index in [2.05, 4.69) is 25.9 Å². The highest BCUT2D eigenvalue weighted by atomic mass is 19.4. The number of carbonyl (C=O) groups is 1. The van der Waals surface area contributed by atoms with E-state index in [4.69, 9.17) is 0 Å². The first-order chi connectivity index (χ1) is 11.8. The summed E-state index contributed by atoms with van der Waals surface area (Å²) >= 11 is 0. The van der Waals surface area contributed by atoms with Gasteiger partial charge in [-0.3, -0.25) is 4.79 Å². The summed E-state index contributed by atoms with van der Waals surface area (Å²) in [6.07, 6.45) is -3.04. The standard InChI is InChI=1S/C14H15F3N6O2/c15-14(16,17)9-1-2-12(19-5-9)23-7-10(21-22-23)13(25)20-4-8-3-18-6-11(8)24/h1-2,5,7-8,11,18,24H,3-4,6H2,(H,20,25). The number of halogens is 3. The van der Waals surface area contributed by atoms with Gasteiger partial charge >= 0.3 is 6.18 Å². The molecule has 1 amide bonds. The van der Waals surface area contributed by atoms with Crippen LogP contribution >= 0.6 is 0 Å². The number of pyridine rings is 1. The summed E-state index contributed by atoms with van der Waals surface area (Å²) in [6, 6.07) is 2.01. The Balaban J connectivity index is 1.64. The Labute approximate surface area is 140 Å². The summed E-state index contributed by atoms with van der Waals surface area (Å²) in [5.41, 5.74) is -0.875. The molecule has 0 bridgehead atoms. The zero-order valence-corrected chi connectivity index (χ0v) is 12.9. The molecule has 3 N–H and O–H groups in total. The first-order valence-electron chi connectivity index (χ1n) is 7.47. The highest BCUT2D eigenvalue weighted by Crippen LogP contribution is 2.28. The van der Waals surface area contributed by atoms with Gasteiger partial charge in [0.2, 0.25) is 0 Å². The molecule has 0 saturated carbocycles. The maximum atomic E-state index is 12.5. The van der Waals surface area contributed by atoms with Gasteiger partial charge in [-0.25, -0.2) is 9.67 Å². The van der Waals surface area contributed by atoms with Crippen LogP contribution in [0.2, 0.25) is 0 Å². The number of rotatable bonds is 4. The highest BCUT2D eigenvalue weighted by Gasteiger charge is 2.31. The average molecular weight is 356 g/mol. The quantitative estimate of drug-likeness (QED) is 0.712. The molecular formula is C14H15F3N6O2. The van der Waals surface area contributed by atoms with Crippen LogP contribution in [0.5, 0.6) is 0 Å². The molecule has 1 aliphatic rings. The molecule has 2 aromatic heterocycles. The van der Waals surface area contributed by atoms with Gasteiger partial charge in [-0.2, -0.15) is 13.2 Å². The molecule has 0 aliphatic carbocycles. The van der Waals surface area contributed by atoms with E-state index < -0.39 is 23.8 Å². The van der Waals surface area contributed by atoms with Crippen molar-refractivity contribution in [2.45, 2.75) is 12.3 Å². The molecule has 0 aromatic carbocycles. The van der Waals surface area contributed by atoms with Gasteiger partial charge in [-0.1, -0.05) is 5.21 Å². The summed E-state index contributed by atoms with van der Waals surface area (Å²) < 4.78 is 38.7. The fraction of sp³-hybridized carbons (Fsp3) is 0.429. The van der Waals surface area contributed by atoms with Crippen molar-refractivity contribution < 1.29 is 23.1 Å². The van der Waals surface area contributed by atoms with Crippen molar-refractivity contribution in [1.82, 2.24) is 30.6 Å². The average Bonchev–Trinajstić information content (AvgIpc) is 3.21. The summed E-state index contributed by atoms with van der Waals surface area (Å²) in [7, 11) is 0. The number of aromatic nitrogens is 4. The number of hydrogen-bond donors (Lipinski definition) is 3. The Kier molecular flexibility index (Phi) is 4.68. The van der Waals surface area contributed by atoms with Crippen molar-refractivity contribution in [2.75, 3.05) is 19.6 Å². The molecule has 2 unspecified atom stereocenters. The van der Waals surface area contributed by atoms with Crippen LogP contribution in [-0.2, 0) is 6.18 Å². The van der Waals surface area contributed by atoms with Crippen molar-refractivity contribution >= 4 is 5.91 Å². The number of aliphatic hydroxyl groups is 1. The Morgan fingerprint density at radius 2 is 2.20 bits per heavy atom. The van der Waals surface area contributed by atoms with Gasteiger partial charge in [0.25, 0.3) is 5.91 Å². The van der Waals surface area contributed by atoms with E-state index in [1.165, 1.54) is 6.20 Å². The van der Waals surface area contributed by atoms with Crippen LogP contribution in [0.3, 0.4) is 0 Å². The second-order valence-corrected chi connectivity index (χ2v) is 5.65. The Hall–Kier alpha value is -2.53. The van der Waals surface area contributed by atoms with E-state index in [1.807, 2.05) is 0 Å². The van der Waals surface area contributed by atoms with E-state index in [0.29, 0.717) is 19.3 Å². The molecule has 11 heteroatoms. The smallest absolute Gasteiger partial charge is 0.391 e. The minimum atomic E-state index is -4.47. The van der Waals surface area contributed by atoms with Crippen LogP contribution in [0.4, 0.5) is 13.2 Å². The topological polar surface area (TPSA) is 105 Å². The van der Waals surface area contributed by atoms with Gasteiger partial charge in [-0.05, 0) is 12.1 Å². The number of amides is 1. The number of aliphatic hydroxyl groups excluding tert-OH is 1. The van der Waals surface area contributed by atoms with E-state index in [0.717, 1.165) is 16.8 Å². The largest absolute Gasteiger partial charge is 0.417 e. The third-order valence-electron chi connectivity index (χ3n) is 3.86. The van der Waals surface area contributed by atoms with E-state index in [1.54, 1.807) is 0 Å². The lowest BCUT2D eigenvalue weighted by Gasteiger charge is -2.13. The molecule has 3 heterocycles. The first kappa shape index (κ1) is 17.3. The maximum absolute atomic E-state index is 12.5. The fourth-order valence-electron chi connectivity index (χ4n) is 2.41. The van der Waals surface area contributed by atoms with Crippen molar-refractivity contribution in [3.05, 3.63) is 35.8 Å². The van der Waals surface area contributed by atoms with Crippen molar-refractivity contribution in [3.8, 4) is 5.82 Å². The molecule has 3 rings (SSSR count). The fourth-order valence-corrected chi connectivity index (χ4v) is 2.41. The summed E-state index contributed by atoms with van der Waals surface area (Å²) in [5.74, 6) is -0.470. The number of hydrogen-bond acceptors (Lipinski definition) is 6. The zero-order valence-electron chi connectivity index (χ0n) is 12.9. The van der Waals surface area contributed by atoms with Crippen LogP contribution in [0, 0.1) is 5.92 Å². The molecule has 8 nitrogen and oxygen atoms in total. The molecule has 1 fully saturated rings. The lowest BCUT2D eigenvalue weighted by atomic mass is 10.1. The summed E-state index contributed by atoms with van der Waals surface area (Å²) in [4.78, 5) is 15.7. The third kappa shape index (κ3) is 3.94. The third-order valence-corrected chi connectivity index (χ3v) is 3.86. The predicted octanol–water partition coefficient (Wildman–Crippen LogP) is -0.00880. The van der Waals surface area contributed by atoms with Gasteiger partial charge < -0.3 is 15.7 Å². The monoisotopic (exact) mass is 356 g/mol. The van der Waals surface area contributed by atoms with Crippen molar-refractivity contribution in [2.24, 2.45) is 5.92 Å². The summed E-state index contributed by atoms with van der Waals surface area (Å²) in [5, 5.41) is 22.7. The van der Waals surface area contributed by atoms with E-state index >= 15 is 0 Å². The number of carbonyl (C=O) groups excluding carboxylic acids is 1. The molecule has 2 aromatic rings. The molecule has 2 atom stereocenters. The van der Waals surface area contributed by atoms with Gasteiger partial charge in [0.15, 0.2) is 11.5 Å². The lowest BCUT2D eigenvalue weighted by Crippen LogP contribution is -2.34. The second-order valence-electron chi connectivity index (χ2n) is 5.65. The zero-order chi connectivity index (χ0) is 18.0. The molecule has 0 spiro atoms. The van der Waals surface area contributed by atoms with Crippen molar-refractivity contribution in [3.63, 3.8) is 0 Å². The van der Waals surface area contributed by atoms with Gasteiger partial charge in [0.1, 0.15) is 0 Å². The van der Waals surface area contributed by atoms with Gasteiger partial charge in [-0.15, -0.1) is 5.10 Å². The molecule has 0 radical (unpaired) electrons. The Morgan fingerprint density at radius 1 is 1.40 bits per heavy atom. The predicted molar refractivity (Wildman–Crippen MR) is 78.9 cm³/mol. The molecular weight excluding hydrogens is 341 g/mol. The molecule has 1 saturated heterocycles. The van der Waals surface area contributed by atoms with E-state index in [-0.39, 0.29) is 24.0 Å². The SMILES string of the molecule is O=C(NCC1CNCC1O)c1cn(-c2ccc(C(F)(F)F)cn2)nn1. The second kappa shape index (κ2) is 6.76. The van der Waals surface area contributed by atoms with Crippen LogP contribution < -0.4 is 10.6 Å². The van der Waals surface area contributed by atoms with Crippen molar-refractivity contribution in [1.29, 1.82) is 0 Å². The molecule has 1 aliphatic heterocycles. The molecule has 134 valence electrons. The Bertz CT molecular complexity index is 746. The number of nitrogens with zero attached hydrogens (tertiary/aromatic N) is 4. The number of nitrogens with one attached hydrogen (secondary N) is 2. The number of β-amino-alcohol motifs (C(OH)–C–C–N with tert-alkyl or cyclic N) is 1. The van der Waals surface area contributed by atoms with Crippen LogP contribution in [-0.4, -0.2) is 56.7 Å². The van der Waals surface area contributed by atoms with Crippen LogP contribution in [0.15, 0.2) is 24.5 Å².